The fourth-order valence-electron chi connectivity index (χ4n) is 3.44. The Labute approximate surface area is 129 Å². The zero-order chi connectivity index (χ0) is 16.1. The lowest BCUT2D eigenvalue weighted by molar-refractivity contribution is -0.157. The van der Waals surface area contributed by atoms with Crippen LogP contribution in [0.1, 0.15) is 57.8 Å². The molecule has 122 valence electrons. The SMILES string of the molecule is O=C(O)CCCCC(=O)CCC1C(=O)CC2OC(=O)CCC21. The van der Waals surface area contributed by atoms with E-state index in [0.29, 0.717) is 44.9 Å². The van der Waals surface area contributed by atoms with E-state index < -0.39 is 5.97 Å². The summed E-state index contributed by atoms with van der Waals surface area (Å²) in [7, 11) is 0. The maximum Gasteiger partial charge on any atom is 0.306 e. The number of hydrogen-bond acceptors (Lipinski definition) is 5. The summed E-state index contributed by atoms with van der Waals surface area (Å²) in [5.41, 5.74) is 0. The number of esters is 1. The van der Waals surface area contributed by atoms with Crippen molar-refractivity contribution in [1.29, 1.82) is 0 Å². The van der Waals surface area contributed by atoms with Crippen molar-refractivity contribution >= 4 is 23.5 Å². The van der Waals surface area contributed by atoms with E-state index in [0.717, 1.165) is 0 Å². The molecule has 0 amide bonds. The van der Waals surface area contributed by atoms with Crippen molar-refractivity contribution in [1.82, 2.24) is 0 Å². The lowest BCUT2D eigenvalue weighted by Crippen LogP contribution is -2.31. The Morgan fingerprint density at radius 2 is 1.86 bits per heavy atom. The molecule has 2 fully saturated rings. The van der Waals surface area contributed by atoms with Crippen LogP contribution in [-0.2, 0) is 23.9 Å². The van der Waals surface area contributed by atoms with Gasteiger partial charge in [0, 0.05) is 43.9 Å². The van der Waals surface area contributed by atoms with Crippen LogP contribution in [0.5, 0.6) is 0 Å². The van der Waals surface area contributed by atoms with Gasteiger partial charge in [-0.3, -0.25) is 19.2 Å². The molecular formula is C16H22O6. The summed E-state index contributed by atoms with van der Waals surface area (Å²) in [6.07, 6.45) is 3.44. The van der Waals surface area contributed by atoms with E-state index in [1.54, 1.807) is 0 Å². The van der Waals surface area contributed by atoms with Gasteiger partial charge >= 0.3 is 11.9 Å². The topological polar surface area (TPSA) is 97.7 Å². The Hall–Kier alpha value is -1.72. The molecule has 0 aromatic heterocycles. The van der Waals surface area contributed by atoms with E-state index in [4.69, 9.17) is 9.84 Å². The van der Waals surface area contributed by atoms with Gasteiger partial charge in [0.2, 0.25) is 0 Å². The van der Waals surface area contributed by atoms with Gasteiger partial charge in [0.1, 0.15) is 17.7 Å². The Morgan fingerprint density at radius 1 is 1.14 bits per heavy atom. The number of ketones is 2. The minimum Gasteiger partial charge on any atom is -0.481 e. The molecule has 0 spiro atoms. The summed E-state index contributed by atoms with van der Waals surface area (Å²) in [5.74, 6) is -0.991. The molecule has 0 radical (unpaired) electrons. The molecule has 1 aliphatic carbocycles. The Morgan fingerprint density at radius 3 is 2.59 bits per heavy atom. The summed E-state index contributed by atoms with van der Waals surface area (Å²) in [4.78, 5) is 45.5. The number of hydrogen-bond donors (Lipinski definition) is 1. The molecule has 1 heterocycles. The van der Waals surface area contributed by atoms with Gasteiger partial charge in [-0.25, -0.2) is 0 Å². The number of carboxylic acids is 1. The smallest absolute Gasteiger partial charge is 0.306 e. The third kappa shape index (κ3) is 4.39. The van der Waals surface area contributed by atoms with Crippen LogP contribution in [0, 0.1) is 11.8 Å². The van der Waals surface area contributed by atoms with Gasteiger partial charge in [0.15, 0.2) is 0 Å². The molecule has 3 unspecified atom stereocenters. The average Bonchev–Trinajstić information content (AvgIpc) is 2.75. The van der Waals surface area contributed by atoms with E-state index in [-0.39, 0.29) is 48.3 Å². The van der Waals surface area contributed by atoms with Gasteiger partial charge in [0.25, 0.3) is 0 Å². The molecule has 2 aliphatic rings. The number of aliphatic carboxylic acids is 1. The minimum atomic E-state index is -0.845. The first-order chi connectivity index (χ1) is 10.5. The molecule has 0 bridgehead atoms. The molecule has 1 aliphatic heterocycles. The second-order valence-electron chi connectivity index (χ2n) is 6.19. The first-order valence-corrected chi connectivity index (χ1v) is 7.93. The summed E-state index contributed by atoms with van der Waals surface area (Å²) >= 11 is 0. The second-order valence-corrected chi connectivity index (χ2v) is 6.19. The van der Waals surface area contributed by atoms with Crippen LogP contribution in [0.2, 0.25) is 0 Å². The highest BCUT2D eigenvalue weighted by Crippen LogP contribution is 2.40. The summed E-state index contributed by atoms with van der Waals surface area (Å²) in [6, 6.07) is 0. The number of Topliss-reactive ketones (excluding diaryl/α,β-unsaturated/α-hetero) is 2. The molecular weight excluding hydrogens is 288 g/mol. The van der Waals surface area contributed by atoms with E-state index in [1.165, 1.54) is 0 Å². The Bertz CT molecular complexity index is 469. The molecule has 1 N–H and O–H groups in total. The van der Waals surface area contributed by atoms with Crippen molar-refractivity contribution in [2.24, 2.45) is 11.8 Å². The highest BCUT2D eigenvalue weighted by molar-refractivity contribution is 5.86. The van der Waals surface area contributed by atoms with Crippen molar-refractivity contribution in [3.05, 3.63) is 0 Å². The predicted molar refractivity (Wildman–Crippen MR) is 76.1 cm³/mol. The van der Waals surface area contributed by atoms with Crippen LogP contribution >= 0.6 is 0 Å². The number of rotatable bonds is 8. The number of carboxylic acid groups (broad SMARTS) is 1. The third-order valence-electron chi connectivity index (χ3n) is 4.61. The van der Waals surface area contributed by atoms with Crippen LogP contribution in [0.4, 0.5) is 0 Å². The van der Waals surface area contributed by atoms with Crippen molar-refractivity contribution < 1.29 is 29.0 Å². The fraction of sp³-hybridized carbons (Fsp3) is 0.750. The van der Waals surface area contributed by atoms with Gasteiger partial charge in [0.05, 0.1) is 0 Å². The summed E-state index contributed by atoms with van der Waals surface area (Å²) in [5, 5.41) is 8.53. The number of ether oxygens (including phenoxy) is 1. The first-order valence-electron chi connectivity index (χ1n) is 7.93. The van der Waals surface area contributed by atoms with Crippen LogP contribution in [0.25, 0.3) is 0 Å². The number of fused-ring (bicyclic) bond motifs is 1. The van der Waals surface area contributed by atoms with Crippen LogP contribution < -0.4 is 0 Å². The number of carbonyl (C=O) groups is 4. The minimum absolute atomic E-state index is 0.0741. The van der Waals surface area contributed by atoms with Gasteiger partial charge in [-0.05, 0) is 25.7 Å². The molecule has 0 aromatic carbocycles. The van der Waals surface area contributed by atoms with Crippen molar-refractivity contribution in [2.45, 2.75) is 63.9 Å². The molecule has 22 heavy (non-hydrogen) atoms. The van der Waals surface area contributed by atoms with Gasteiger partial charge in [-0.15, -0.1) is 0 Å². The van der Waals surface area contributed by atoms with E-state index in [2.05, 4.69) is 0 Å². The quantitative estimate of drug-likeness (QED) is 0.543. The van der Waals surface area contributed by atoms with Crippen LogP contribution in [0.15, 0.2) is 0 Å². The fourth-order valence-corrected chi connectivity index (χ4v) is 3.44. The molecule has 1 saturated carbocycles. The van der Waals surface area contributed by atoms with Gasteiger partial charge in [-0.2, -0.15) is 0 Å². The van der Waals surface area contributed by atoms with E-state index >= 15 is 0 Å². The van der Waals surface area contributed by atoms with Crippen molar-refractivity contribution in [3.8, 4) is 0 Å². The normalized spacial score (nSPS) is 27.4. The third-order valence-corrected chi connectivity index (χ3v) is 4.61. The summed E-state index contributed by atoms with van der Waals surface area (Å²) < 4.78 is 5.22. The molecule has 0 aromatic rings. The van der Waals surface area contributed by atoms with Crippen molar-refractivity contribution in [2.75, 3.05) is 0 Å². The molecule has 6 heteroatoms. The Kier molecular flexibility index (Phi) is 5.69. The highest BCUT2D eigenvalue weighted by atomic mass is 16.5. The summed E-state index contributed by atoms with van der Waals surface area (Å²) in [6.45, 7) is 0. The van der Waals surface area contributed by atoms with Gasteiger partial charge in [-0.1, -0.05) is 0 Å². The molecule has 1 saturated heterocycles. The number of unbranched alkanes of at least 4 members (excludes halogenated alkanes) is 1. The van der Waals surface area contributed by atoms with Crippen LogP contribution in [-0.4, -0.2) is 34.7 Å². The first kappa shape index (κ1) is 16.6. The monoisotopic (exact) mass is 310 g/mol. The zero-order valence-corrected chi connectivity index (χ0v) is 12.6. The van der Waals surface area contributed by atoms with Crippen molar-refractivity contribution in [3.63, 3.8) is 0 Å². The standard InChI is InChI=1S/C16H22O6/c17-10(3-1-2-4-15(19)20)5-6-11-12-7-8-16(21)22-14(12)9-13(11)18/h11-12,14H,1-9H2,(H,19,20). The zero-order valence-electron chi connectivity index (χ0n) is 12.6. The maximum absolute atomic E-state index is 12.0. The molecule has 3 atom stereocenters. The average molecular weight is 310 g/mol. The Balaban J connectivity index is 1.72. The second kappa shape index (κ2) is 7.51. The lowest BCUT2D eigenvalue weighted by atomic mass is 9.85. The van der Waals surface area contributed by atoms with Crippen LogP contribution in [0.3, 0.4) is 0 Å². The lowest BCUT2D eigenvalue weighted by Gasteiger charge is -2.27. The largest absolute Gasteiger partial charge is 0.481 e. The molecule has 6 nitrogen and oxygen atoms in total. The molecule has 2 rings (SSSR count). The maximum atomic E-state index is 12.0. The highest BCUT2D eigenvalue weighted by Gasteiger charge is 2.46. The number of carbonyl (C=O) groups excluding carboxylic acids is 3. The van der Waals surface area contributed by atoms with Gasteiger partial charge < -0.3 is 9.84 Å². The predicted octanol–water partition coefficient (Wildman–Crippen LogP) is 1.89. The van der Waals surface area contributed by atoms with E-state index in [1.807, 2.05) is 0 Å². The van der Waals surface area contributed by atoms with E-state index in [9.17, 15) is 19.2 Å².